The summed E-state index contributed by atoms with van der Waals surface area (Å²) in [6, 6.07) is 11.2. The molecule has 2 bridgehead atoms. The van der Waals surface area contributed by atoms with Crippen molar-refractivity contribution in [2.75, 3.05) is 13.6 Å². The Labute approximate surface area is 132 Å². The van der Waals surface area contributed by atoms with Gasteiger partial charge in [0, 0.05) is 18.6 Å². The summed E-state index contributed by atoms with van der Waals surface area (Å²) >= 11 is 0. The highest BCUT2D eigenvalue weighted by Crippen LogP contribution is 2.35. The van der Waals surface area contributed by atoms with Gasteiger partial charge in [-0.05, 0) is 44.2 Å². The molecule has 120 valence electrons. The van der Waals surface area contributed by atoms with Crippen LogP contribution in [0.5, 0.6) is 0 Å². The van der Waals surface area contributed by atoms with Crippen LogP contribution < -0.4 is 5.32 Å². The van der Waals surface area contributed by atoms with Crippen molar-refractivity contribution in [3.63, 3.8) is 0 Å². The van der Waals surface area contributed by atoms with Crippen LogP contribution in [0.3, 0.4) is 0 Å². The van der Waals surface area contributed by atoms with E-state index in [1.807, 2.05) is 30.3 Å². The number of nitrogens with zero attached hydrogens (tertiary/aromatic N) is 1. The lowest BCUT2D eigenvalue weighted by Gasteiger charge is -2.47. The van der Waals surface area contributed by atoms with Crippen LogP contribution in [0, 0.1) is 5.92 Å². The van der Waals surface area contributed by atoms with Gasteiger partial charge in [0.25, 0.3) is 0 Å². The van der Waals surface area contributed by atoms with Crippen molar-refractivity contribution in [1.29, 1.82) is 0 Å². The first-order valence-electron chi connectivity index (χ1n) is 8.39. The summed E-state index contributed by atoms with van der Waals surface area (Å²) in [5.74, 6) is 0.593. The second-order valence-corrected chi connectivity index (χ2v) is 6.68. The normalized spacial score (nSPS) is 28.1. The van der Waals surface area contributed by atoms with Gasteiger partial charge in [-0.1, -0.05) is 36.8 Å². The van der Waals surface area contributed by atoms with Gasteiger partial charge in [0.2, 0.25) is 0 Å². The molecule has 0 spiro atoms. The number of rotatable bonds is 4. The molecule has 2 aliphatic heterocycles. The molecule has 1 aromatic carbocycles. The summed E-state index contributed by atoms with van der Waals surface area (Å²) in [7, 11) is 2.26. The molecule has 2 fully saturated rings. The number of fused-ring (bicyclic) bond motifs is 2. The van der Waals surface area contributed by atoms with Crippen LogP contribution in [0.25, 0.3) is 0 Å². The number of hydrogen-bond donors (Lipinski definition) is 1. The first-order chi connectivity index (χ1) is 10.7. The van der Waals surface area contributed by atoms with Crippen LogP contribution in [0.15, 0.2) is 30.3 Å². The van der Waals surface area contributed by atoms with Crippen molar-refractivity contribution in [3.05, 3.63) is 35.9 Å². The van der Waals surface area contributed by atoms with Crippen LogP contribution in [-0.2, 0) is 11.3 Å². The molecule has 4 heteroatoms. The highest BCUT2D eigenvalue weighted by atomic mass is 16.5. The smallest absolute Gasteiger partial charge is 0.407 e. The molecule has 2 atom stereocenters. The molecule has 2 saturated heterocycles. The van der Waals surface area contributed by atoms with Crippen molar-refractivity contribution in [2.24, 2.45) is 5.92 Å². The Balaban J connectivity index is 1.40. The number of hydrogen-bond acceptors (Lipinski definition) is 3. The lowest BCUT2D eigenvalue weighted by molar-refractivity contribution is 0.0360. The number of alkyl carbamates (subject to hydrolysis) is 1. The van der Waals surface area contributed by atoms with Crippen molar-refractivity contribution in [3.8, 4) is 0 Å². The standard InChI is InChI=1S/C18H26N2O2/c1-20-16-8-5-9-17(20)11-15(10-16)12-19-18(21)22-13-14-6-3-2-4-7-14/h2-4,6-7,15-17H,5,8-13H2,1H3,(H,19,21). The molecular weight excluding hydrogens is 276 g/mol. The molecule has 2 unspecified atom stereocenters. The third kappa shape index (κ3) is 3.80. The van der Waals surface area contributed by atoms with Crippen LogP contribution in [0.1, 0.15) is 37.7 Å². The first-order valence-corrected chi connectivity index (χ1v) is 8.39. The molecule has 22 heavy (non-hydrogen) atoms. The van der Waals surface area contributed by atoms with Gasteiger partial charge in [0.15, 0.2) is 0 Å². The summed E-state index contributed by atoms with van der Waals surface area (Å²) in [5.41, 5.74) is 1.02. The molecule has 3 rings (SSSR count). The fourth-order valence-corrected chi connectivity index (χ4v) is 3.90. The minimum atomic E-state index is -0.298. The van der Waals surface area contributed by atoms with E-state index >= 15 is 0 Å². The first kappa shape index (κ1) is 15.3. The Morgan fingerprint density at radius 1 is 1.23 bits per heavy atom. The van der Waals surface area contributed by atoms with Crippen molar-refractivity contribution >= 4 is 6.09 Å². The molecule has 0 aliphatic carbocycles. The van der Waals surface area contributed by atoms with Gasteiger partial charge >= 0.3 is 6.09 Å². The number of nitrogens with one attached hydrogen (secondary N) is 1. The zero-order valence-corrected chi connectivity index (χ0v) is 13.3. The summed E-state index contributed by atoms with van der Waals surface area (Å²) in [6.45, 7) is 1.08. The minimum absolute atomic E-state index is 0.298. The Morgan fingerprint density at radius 3 is 2.59 bits per heavy atom. The Morgan fingerprint density at radius 2 is 1.91 bits per heavy atom. The maximum Gasteiger partial charge on any atom is 0.407 e. The molecule has 0 saturated carbocycles. The van der Waals surface area contributed by atoms with Gasteiger partial charge in [-0.25, -0.2) is 4.79 Å². The van der Waals surface area contributed by atoms with E-state index in [1.54, 1.807) is 0 Å². The molecular formula is C18H26N2O2. The molecule has 1 aromatic rings. The van der Waals surface area contributed by atoms with E-state index in [-0.39, 0.29) is 6.09 Å². The predicted molar refractivity (Wildman–Crippen MR) is 86.5 cm³/mol. The van der Waals surface area contributed by atoms with E-state index in [0.29, 0.717) is 24.6 Å². The second-order valence-electron chi connectivity index (χ2n) is 6.68. The van der Waals surface area contributed by atoms with Gasteiger partial charge < -0.3 is 15.0 Å². The Kier molecular flexibility index (Phi) is 4.98. The SMILES string of the molecule is CN1C2CCCC1CC(CNC(=O)OCc1ccccc1)C2. The number of benzene rings is 1. The van der Waals surface area contributed by atoms with Crippen molar-refractivity contribution < 1.29 is 9.53 Å². The van der Waals surface area contributed by atoms with Crippen LogP contribution in [-0.4, -0.2) is 36.7 Å². The minimum Gasteiger partial charge on any atom is -0.445 e. The summed E-state index contributed by atoms with van der Waals surface area (Å²) in [4.78, 5) is 14.4. The van der Waals surface area contributed by atoms with Gasteiger partial charge in [0.1, 0.15) is 6.61 Å². The molecule has 0 radical (unpaired) electrons. The highest BCUT2D eigenvalue weighted by molar-refractivity contribution is 5.67. The number of ether oxygens (including phenoxy) is 1. The van der Waals surface area contributed by atoms with E-state index in [2.05, 4.69) is 17.3 Å². The van der Waals surface area contributed by atoms with Crippen LogP contribution in [0.4, 0.5) is 4.79 Å². The quantitative estimate of drug-likeness (QED) is 0.929. The molecule has 1 N–H and O–H groups in total. The number of amides is 1. The summed E-state index contributed by atoms with van der Waals surface area (Å²) in [6.07, 6.45) is 6.08. The van der Waals surface area contributed by atoms with Crippen LogP contribution in [0.2, 0.25) is 0 Å². The van der Waals surface area contributed by atoms with Crippen LogP contribution >= 0.6 is 0 Å². The Bertz CT molecular complexity index is 477. The van der Waals surface area contributed by atoms with E-state index in [0.717, 1.165) is 12.1 Å². The van der Waals surface area contributed by atoms with Gasteiger partial charge in [-0.2, -0.15) is 0 Å². The van der Waals surface area contributed by atoms with E-state index in [9.17, 15) is 4.79 Å². The largest absolute Gasteiger partial charge is 0.445 e. The number of carbonyl (C=O) groups excluding carboxylic acids is 1. The summed E-state index contributed by atoms with van der Waals surface area (Å²) < 4.78 is 5.27. The predicted octanol–water partition coefficient (Wildman–Crippen LogP) is 3.18. The van der Waals surface area contributed by atoms with E-state index in [4.69, 9.17) is 4.74 Å². The maximum absolute atomic E-state index is 11.8. The van der Waals surface area contributed by atoms with Gasteiger partial charge in [0.05, 0.1) is 0 Å². The van der Waals surface area contributed by atoms with Gasteiger partial charge in [-0.3, -0.25) is 0 Å². The molecule has 2 aliphatic rings. The van der Waals surface area contributed by atoms with Gasteiger partial charge in [-0.15, -0.1) is 0 Å². The monoisotopic (exact) mass is 302 g/mol. The van der Waals surface area contributed by atoms with E-state index in [1.165, 1.54) is 32.1 Å². The number of carbonyl (C=O) groups is 1. The average molecular weight is 302 g/mol. The summed E-state index contributed by atoms with van der Waals surface area (Å²) in [5, 5.41) is 2.95. The Hall–Kier alpha value is -1.55. The molecule has 1 amide bonds. The van der Waals surface area contributed by atoms with E-state index < -0.39 is 0 Å². The highest BCUT2D eigenvalue weighted by Gasteiger charge is 2.35. The lowest BCUT2D eigenvalue weighted by Crippen LogP contribution is -2.51. The fraction of sp³-hybridized carbons (Fsp3) is 0.611. The average Bonchev–Trinajstić information content (AvgIpc) is 2.52. The van der Waals surface area contributed by atoms with Crippen molar-refractivity contribution in [1.82, 2.24) is 10.2 Å². The zero-order chi connectivity index (χ0) is 15.4. The fourth-order valence-electron chi connectivity index (χ4n) is 3.90. The maximum atomic E-state index is 11.8. The molecule has 4 nitrogen and oxygen atoms in total. The topological polar surface area (TPSA) is 41.6 Å². The number of piperidine rings is 2. The zero-order valence-electron chi connectivity index (χ0n) is 13.3. The third-order valence-electron chi connectivity index (χ3n) is 5.19. The molecule has 0 aromatic heterocycles. The van der Waals surface area contributed by atoms with Crippen molar-refractivity contribution in [2.45, 2.75) is 50.8 Å². The lowest BCUT2D eigenvalue weighted by atomic mass is 9.79. The second kappa shape index (κ2) is 7.14. The molecule has 2 heterocycles. The third-order valence-corrected chi connectivity index (χ3v) is 5.19.